The first-order valence-electron chi connectivity index (χ1n) is 5.24. The summed E-state index contributed by atoms with van der Waals surface area (Å²) in [6, 6.07) is 0. The summed E-state index contributed by atoms with van der Waals surface area (Å²) >= 11 is 0. The molecule has 126 valence electrons. The molecule has 6 nitrogen and oxygen atoms in total. The summed E-state index contributed by atoms with van der Waals surface area (Å²) in [5.41, 5.74) is 0. The van der Waals surface area contributed by atoms with Crippen molar-refractivity contribution in [1.29, 1.82) is 0 Å². The minimum atomic E-state index is -6.19. The quantitative estimate of drug-likeness (QED) is 0.626. The largest absolute Gasteiger partial charge is 0.531 e. The first-order chi connectivity index (χ1) is 9.24. The number of phosphoric acid groups is 1. The molecule has 0 aromatic carbocycles. The number of hydrogen-bond acceptors (Lipinski definition) is 5. The third-order valence-electron chi connectivity index (χ3n) is 1.78. The highest BCUT2D eigenvalue weighted by Crippen LogP contribution is 2.52. The van der Waals surface area contributed by atoms with Gasteiger partial charge in [-0.05, 0) is 6.92 Å². The first-order valence-corrected chi connectivity index (χ1v) is 6.74. The van der Waals surface area contributed by atoms with E-state index in [1.807, 2.05) is 0 Å². The van der Waals surface area contributed by atoms with Crippen molar-refractivity contribution < 1.29 is 44.8 Å². The van der Waals surface area contributed by atoms with Crippen molar-refractivity contribution in [3.8, 4) is 0 Å². The molecule has 0 aliphatic carbocycles. The Balaban J connectivity index is 0.000000423. The second-order valence-corrected chi connectivity index (χ2v) is 4.95. The second kappa shape index (κ2) is 7.34. The van der Waals surface area contributed by atoms with E-state index in [9.17, 15) is 30.9 Å². The highest BCUT2D eigenvalue weighted by Gasteiger charge is 2.48. The van der Waals surface area contributed by atoms with Crippen LogP contribution < -0.4 is 0 Å². The molecule has 0 fully saturated rings. The molecule has 0 radical (unpaired) electrons. The van der Waals surface area contributed by atoms with Crippen molar-refractivity contribution >= 4 is 7.82 Å². The van der Waals surface area contributed by atoms with Crippen molar-refractivity contribution in [2.45, 2.75) is 19.6 Å². The number of halogens is 6. The normalized spacial score (nSPS) is 16.0. The van der Waals surface area contributed by atoms with Gasteiger partial charge in [0.15, 0.2) is 0 Å². The summed E-state index contributed by atoms with van der Waals surface area (Å²) in [7, 11) is -4.11. The van der Waals surface area contributed by atoms with Gasteiger partial charge < -0.3 is 14.7 Å². The molecule has 0 spiro atoms. The average molecular weight is 346 g/mol. The molecular formula is C8H13F6N2O4P. The molecule has 0 atom stereocenters. The van der Waals surface area contributed by atoms with Crippen LogP contribution >= 0.6 is 7.82 Å². The Morgan fingerprint density at radius 1 is 1.14 bits per heavy atom. The lowest BCUT2D eigenvalue weighted by Gasteiger charge is -2.14. The average Bonchev–Trinajstić information content (AvgIpc) is 2.57. The Labute approximate surface area is 116 Å². The maximum absolute atomic E-state index is 11.1. The molecule has 1 aliphatic rings. The van der Waals surface area contributed by atoms with Crippen LogP contribution in [0.4, 0.5) is 26.3 Å². The number of hydrogen-bond donors (Lipinski definition) is 1. The van der Waals surface area contributed by atoms with Crippen LogP contribution in [-0.4, -0.2) is 47.7 Å². The third-order valence-corrected chi connectivity index (χ3v) is 2.66. The van der Waals surface area contributed by atoms with E-state index in [2.05, 4.69) is 45.2 Å². The monoisotopic (exact) mass is 346 g/mol. The number of nitrogens with zero attached hydrogens (tertiary/aromatic N) is 2. The Hall–Kier alpha value is -0.970. The number of rotatable bonds is 3. The standard InChI is InChI=1S/C6H12N2.C2HF6O4P/c1-3-8-5-4-7(2)6-8;3-1(4,5)11-13(9,10)12-2(6,7)8/h4-5H,3,6H2,1-2H3;(H,9,10). The van der Waals surface area contributed by atoms with Gasteiger partial charge in [-0.2, -0.15) is 9.05 Å². The molecule has 1 N–H and O–H groups in total. The molecule has 0 bridgehead atoms. The summed E-state index contributed by atoms with van der Waals surface area (Å²) in [4.78, 5) is 12.3. The highest BCUT2D eigenvalue weighted by atomic mass is 31.2. The van der Waals surface area contributed by atoms with Gasteiger partial charge in [-0.3, -0.25) is 0 Å². The summed E-state index contributed by atoms with van der Waals surface area (Å²) in [6.07, 6.45) is -7.17. The fourth-order valence-electron chi connectivity index (χ4n) is 1.07. The van der Waals surface area contributed by atoms with Gasteiger partial charge in [-0.15, -0.1) is 26.3 Å². The van der Waals surface area contributed by atoms with E-state index >= 15 is 0 Å². The number of phosphoric ester groups is 1. The SMILES string of the molecule is CCN1C=CN(C)C1.O=P(O)(OC(F)(F)F)OC(F)(F)F. The summed E-state index contributed by atoms with van der Waals surface area (Å²) in [5, 5.41) is 0. The first kappa shape index (κ1) is 20.0. The molecular weight excluding hydrogens is 333 g/mol. The van der Waals surface area contributed by atoms with Crippen LogP contribution in [0.5, 0.6) is 0 Å². The van der Waals surface area contributed by atoms with E-state index in [1.165, 1.54) is 0 Å². The smallest absolute Gasteiger partial charge is 0.362 e. The zero-order valence-corrected chi connectivity index (χ0v) is 11.7. The van der Waals surface area contributed by atoms with Crippen molar-refractivity contribution in [3.05, 3.63) is 12.4 Å². The molecule has 0 aromatic heterocycles. The Kier molecular flexibility index (Phi) is 7.00. The highest BCUT2D eigenvalue weighted by molar-refractivity contribution is 7.47. The van der Waals surface area contributed by atoms with Crippen molar-refractivity contribution in [2.24, 2.45) is 0 Å². The zero-order chi connectivity index (χ0) is 16.9. The Morgan fingerprint density at radius 2 is 1.57 bits per heavy atom. The van der Waals surface area contributed by atoms with Gasteiger partial charge >= 0.3 is 20.5 Å². The van der Waals surface area contributed by atoms with Gasteiger partial charge in [-0.25, -0.2) is 4.57 Å². The van der Waals surface area contributed by atoms with Crippen LogP contribution in [0.2, 0.25) is 0 Å². The van der Waals surface area contributed by atoms with Gasteiger partial charge in [0, 0.05) is 26.0 Å². The van der Waals surface area contributed by atoms with E-state index in [4.69, 9.17) is 4.89 Å². The molecule has 0 amide bonds. The van der Waals surface area contributed by atoms with Crippen LogP contribution in [0.15, 0.2) is 12.4 Å². The molecule has 21 heavy (non-hydrogen) atoms. The second-order valence-electron chi connectivity index (χ2n) is 3.64. The topological polar surface area (TPSA) is 62.2 Å². The summed E-state index contributed by atoms with van der Waals surface area (Å²) < 4.78 is 81.0. The number of alkyl halides is 6. The minimum absolute atomic E-state index is 1.05. The van der Waals surface area contributed by atoms with E-state index in [0.717, 1.165) is 13.2 Å². The van der Waals surface area contributed by atoms with Crippen LogP contribution in [0, 0.1) is 0 Å². The lowest BCUT2D eigenvalue weighted by Crippen LogP contribution is -2.21. The molecule has 0 unspecified atom stereocenters. The molecule has 1 aliphatic heterocycles. The van der Waals surface area contributed by atoms with E-state index in [1.54, 1.807) is 0 Å². The van der Waals surface area contributed by atoms with Gasteiger partial charge in [0.05, 0.1) is 6.67 Å². The maximum atomic E-state index is 11.1. The molecule has 13 heteroatoms. The molecule has 1 rings (SSSR count). The maximum Gasteiger partial charge on any atom is 0.531 e. The van der Waals surface area contributed by atoms with Crippen LogP contribution in [0.1, 0.15) is 6.92 Å². The van der Waals surface area contributed by atoms with Gasteiger partial charge in [0.25, 0.3) is 0 Å². The molecule has 1 heterocycles. The predicted molar refractivity (Wildman–Crippen MR) is 58.3 cm³/mol. The Morgan fingerprint density at radius 3 is 1.76 bits per heavy atom. The lowest BCUT2D eigenvalue weighted by atomic mass is 10.6. The molecule has 0 saturated carbocycles. The third kappa shape index (κ3) is 11.4. The van der Waals surface area contributed by atoms with Crippen molar-refractivity contribution in [1.82, 2.24) is 9.80 Å². The Bertz CT molecular complexity index is 379. The molecule has 0 saturated heterocycles. The minimum Gasteiger partial charge on any atom is -0.362 e. The zero-order valence-electron chi connectivity index (χ0n) is 10.9. The summed E-state index contributed by atoms with van der Waals surface area (Å²) in [6.45, 7) is 4.32. The van der Waals surface area contributed by atoms with Crippen molar-refractivity contribution in [2.75, 3.05) is 20.3 Å². The lowest BCUT2D eigenvalue weighted by molar-refractivity contribution is -0.313. The van der Waals surface area contributed by atoms with E-state index in [0.29, 0.717) is 0 Å². The van der Waals surface area contributed by atoms with E-state index < -0.39 is 20.5 Å². The van der Waals surface area contributed by atoms with Crippen LogP contribution in [-0.2, 0) is 13.6 Å². The summed E-state index contributed by atoms with van der Waals surface area (Å²) in [5.74, 6) is 0. The van der Waals surface area contributed by atoms with Gasteiger partial charge in [-0.1, -0.05) is 0 Å². The van der Waals surface area contributed by atoms with Gasteiger partial charge in [0.2, 0.25) is 0 Å². The van der Waals surface area contributed by atoms with Crippen LogP contribution in [0.25, 0.3) is 0 Å². The van der Waals surface area contributed by atoms with Crippen LogP contribution in [0.3, 0.4) is 0 Å². The van der Waals surface area contributed by atoms with E-state index in [-0.39, 0.29) is 0 Å². The van der Waals surface area contributed by atoms with Crippen molar-refractivity contribution in [3.63, 3.8) is 0 Å². The predicted octanol–water partition coefficient (Wildman–Crippen LogP) is 2.84. The van der Waals surface area contributed by atoms with Gasteiger partial charge in [0.1, 0.15) is 0 Å². The fourth-order valence-corrected chi connectivity index (χ4v) is 1.64. The molecule has 0 aromatic rings. The fraction of sp³-hybridized carbons (Fsp3) is 0.750.